The Morgan fingerprint density at radius 1 is 1.20 bits per heavy atom. The SMILES string of the molecule is CC[C@H](O)c1ccccc1OCc1cccc(Cl)c1F. The van der Waals surface area contributed by atoms with Crippen LogP contribution in [0.4, 0.5) is 4.39 Å². The number of benzene rings is 2. The average Bonchev–Trinajstić information content (AvgIpc) is 2.48. The van der Waals surface area contributed by atoms with Crippen molar-refractivity contribution in [2.45, 2.75) is 26.1 Å². The Labute approximate surface area is 122 Å². The molecule has 4 heteroatoms. The van der Waals surface area contributed by atoms with E-state index >= 15 is 0 Å². The van der Waals surface area contributed by atoms with Gasteiger partial charge in [-0.05, 0) is 18.6 Å². The number of ether oxygens (including phenoxy) is 1. The lowest BCUT2D eigenvalue weighted by Crippen LogP contribution is -2.03. The quantitative estimate of drug-likeness (QED) is 0.879. The summed E-state index contributed by atoms with van der Waals surface area (Å²) in [6.45, 7) is 1.96. The summed E-state index contributed by atoms with van der Waals surface area (Å²) < 4.78 is 19.4. The molecule has 0 aliphatic carbocycles. The molecule has 1 atom stereocenters. The highest BCUT2D eigenvalue weighted by molar-refractivity contribution is 6.30. The fourth-order valence-electron chi connectivity index (χ4n) is 1.92. The molecule has 0 amide bonds. The fraction of sp³-hybridized carbons (Fsp3) is 0.250. The predicted molar refractivity (Wildman–Crippen MR) is 77.4 cm³/mol. The minimum Gasteiger partial charge on any atom is -0.488 e. The van der Waals surface area contributed by atoms with Gasteiger partial charge in [0.1, 0.15) is 18.2 Å². The fourth-order valence-corrected chi connectivity index (χ4v) is 2.12. The van der Waals surface area contributed by atoms with E-state index in [1.54, 1.807) is 24.3 Å². The molecular formula is C16H16ClFO2. The highest BCUT2D eigenvalue weighted by Crippen LogP contribution is 2.28. The van der Waals surface area contributed by atoms with Crippen molar-refractivity contribution in [3.8, 4) is 5.75 Å². The van der Waals surface area contributed by atoms with Gasteiger partial charge in [0, 0.05) is 11.1 Å². The lowest BCUT2D eigenvalue weighted by Gasteiger charge is -2.15. The van der Waals surface area contributed by atoms with E-state index in [-0.39, 0.29) is 11.6 Å². The molecule has 2 aromatic carbocycles. The molecule has 0 aromatic heterocycles. The van der Waals surface area contributed by atoms with Crippen molar-refractivity contribution in [3.63, 3.8) is 0 Å². The molecule has 20 heavy (non-hydrogen) atoms. The summed E-state index contributed by atoms with van der Waals surface area (Å²) in [5.41, 5.74) is 1.09. The first-order valence-electron chi connectivity index (χ1n) is 6.46. The minimum atomic E-state index is -0.588. The van der Waals surface area contributed by atoms with Gasteiger partial charge < -0.3 is 9.84 Å². The van der Waals surface area contributed by atoms with Crippen molar-refractivity contribution in [2.24, 2.45) is 0 Å². The van der Waals surface area contributed by atoms with Crippen molar-refractivity contribution in [3.05, 3.63) is 64.4 Å². The van der Waals surface area contributed by atoms with Crippen LogP contribution >= 0.6 is 11.6 Å². The Hall–Kier alpha value is -1.58. The van der Waals surface area contributed by atoms with Gasteiger partial charge in [-0.1, -0.05) is 48.9 Å². The van der Waals surface area contributed by atoms with Crippen LogP contribution in [0.3, 0.4) is 0 Å². The Balaban J connectivity index is 2.17. The summed E-state index contributed by atoms with van der Waals surface area (Å²) in [5, 5.41) is 10.0. The zero-order valence-electron chi connectivity index (χ0n) is 11.1. The van der Waals surface area contributed by atoms with Crippen LogP contribution in [0.15, 0.2) is 42.5 Å². The monoisotopic (exact) mass is 294 g/mol. The smallest absolute Gasteiger partial charge is 0.148 e. The normalized spacial score (nSPS) is 12.2. The predicted octanol–water partition coefficient (Wildman–Crippen LogP) is 4.50. The molecule has 106 valence electrons. The number of aliphatic hydroxyl groups is 1. The van der Waals surface area contributed by atoms with Gasteiger partial charge >= 0.3 is 0 Å². The largest absolute Gasteiger partial charge is 0.488 e. The average molecular weight is 295 g/mol. The minimum absolute atomic E-state index is 0.0693. The van der Waals surface area contributed by atoms with Gasteiger partial charge in [-0.25, -0.2) is 4.39 Å². The number of hydrogen-bond donors (Lipinski definition) is 1. The molecule has 0 unspecified atom stereocenters. The summed E-state index contributed by atoms with van der Waals surface area (Å²) in [6.07, 6.45) is 0.00160. The molecule has 0 spiro atoms. The van der Waals surface area contributed by atoms with E-state index in [0.29, 0.717) is 23.3 Å². The van der Waals surface area contributed by atoms with E-state index in [2.05, 4.69) is 0 Å². The van der Waals surface area contributed by atoms with Gasteiger partial charge in [-0.3, -0.25) is 0 Å². The van der Waals surface area contributed by atoms with Gasteiger partial charge in [0.15, 0.2) is 0 Å². The number of halogens is 2. The van der Waals surface area contributed by atoms with E-state index in [1.807, 2.05) is 19.1 Å². The second kappa shape index (κ2) is 6.73. The summed E-state index contributed by atoms with van der Waals surface area (Å²) in [7, 11) is 0. The molecule has 2 aromatic rings. The van der Waals surface area contributed by atoms with E-state index < -0.39 is 11.9 Å². The van der Waals surface area contributed by atoms with Crippen LogP contribution in [0.2, 0.25) is 5.02 Å². The number of para-hydroxylation sites is 1. The molecule has 0 aliphatic rings. The van der Waals surface area contributed by atoms with E-state index in [4.69, 9.17) is 16.3 Å². The van der Waals surface area contributed by atoms with Crippen molar-refractivity contribution >= 4 is 11.6 Å². The Bertz CT molecular complexity index is 586. The van der Waals surface area contributed by atoms with Crippen LogP contribution in [-0.2, 0) is 6.61 Å². The lowest BCUT2D eigenvalue weighted by molar-refractivity contribution is 0.166. The highest BCUT2D eigenvalue weighted by atomic mass is 35.5. The zero-order chi connectivity index (χ0) is 14.5. The maximum Gasteiger partial charge on any atom is 0.148 e. The first-order valence-corrected chi connectivity index (χ1v) is 6.84. The maximum atomic E-state index is 13.8. The van der Waals surface area contributed by atoms with E-state index in [0.717, 1.165) is 0 Å². The first kappa shape index (κ1) is 14.8. The van der Waals surface area contributed by atoms with Crippen molar-refractivity contribution < 1.29 is 14.2 Å². The van der Waals surface area contributed by atoms with Crippen LogP contribution in [0, 0.1) is 5.82 Å². The van der Waals surface area contributed by atoms with E-state index in [9.17, 15) is 9.50 Å². The molecule has 2 rings (SSSR count). The summed E-state index contributed by atoms with van der Waals surface area (Å²) in [5.74, 6) is 0.0870. The summed E-state index contributed by atoms with van der Waals surface area (Å²) in [6, 6.07) is 12.0. The van der Waals surface area contributed by atoms with Crippen molar-refractivity contribution in [1.29, 1.82) is 0 Å². The summed E-state index contributed by atoms with van der Waals surface area (Å²) >= 11 is 5.73. The third kappa shape index (κ3) is 3.30. The Morgan fingerprint density at radius 2 is 1.95 bits per heavy atom. The van der Waals surface area contributed by atoms with Crippen LogP contribution in [0.5, 0.6) is 5.75 Å². The number of hydrogen-bond acceptors (Lipinski definition) is 2. The summed E-state index contributed by atoms with van der Waals surface area (Å²) in [4.78, 5) is 0. The molecular weight excluding hydrogens is 279 g/mol. The molecule has 0 saturated carbocycles. The Kier molecular flexibility index (Phi) is 4.99. The van der Waals surface area contributed by atoms with E-state index in [1.165, 1.54) is 6.07 Å². The molecule has 0 aliphatic heterocycles. The van der Waals surface area contributed by atoms with Gasteiger partial charge in [-0.2, -0.15) is 0 Å². The molecule has 0 saturated heterocycles. The number of aliphatic hydroxyl groups excluding tert-OH is 1. The first-order chi connectivity index (χ1) is 9.63. The molecule has 0 radical (unpaired) electrons. The van der Waals surface area contributed by atoms with Gasteiger partial charge in [0.05, 0.1) is 11.1 Å². The molecule has 1 N–H and O–H groups in total. The zero-order valence-corrected chi connectivity index (χ0v) is 11.9. The van der Waals surface area contributed by atoms with Crippen LogP contribution < -0.4 is 4.74 Å². The van der Waals surface area contributed by atoms with Gasteiger partial charge in [-0.15, -0.1) is 0 Å². The van der Waals surface area contributed by atoms with Crippen LogP contribution in [0.25, 0.3) is 0 Å². The topological polar surface area (TPSA) is 29.5 Å². The maximum absolute atomic E-state index is 13.8. The number of rotatable bonds is 5. The third-order valence-electron chi connectivity index (χ3n) is 3.08. The van der Waals surface area contributed by atoms with Gasteiger partial charge in [0.2, 0.25) is 0 Å². The second-order valence-electron chi connectivity index (χ2n) is 4.46. The van der Waals surface area contributed by atoms with Gasteiger partial charge in [0.25, 0.3) is 0 Å². The molecule has 0 heterocycles. The van der Waals surface area contributed by atoms with Crippen LogP contribution in [-0.4, -0.2) is 5.11 Å². The Morgan fingerprint density at radius 3 is 2.70 bits per heavy atom. The molecule has 0 fully saturated rings. The van der Waals surface area contributed by atoms with Crippen molar-refractivity contribution in [2.75, 3.05) is 0 Å². The molecule has 0 bridgehead atoms. The lowest BCUT2D eigenvalue weighted by atomic mass is 10.1. The molecule has 2 nitrogen and oxygen atoms in total. The standard InChI is InChI=1S/C16H16ClFO2/c1-2-14(19)12-7-3-4-9-15(12)20-10-11-6-5-8-13(17)16(11)18/h3-9,14,19H,2,10H2,1H3/t14-/m0/s1. The van der Waals surface area contributed by atoms with Crippen LogP contribution in [0.1, 0.15) is 30.6 Å². The highest BCUT2D eigenvalue weighted by Gasteiger charge is 2.12. The third-order valence-corrected chi connectivity index (χ3v) is 3.37. The second-order valence-corrected chi connectivity index (χ2v) is 4.87. The van der Waals surface area contributed by atoms with Crippen molar-refractivity contribution in [1.82, 2.24) is 0 Å².